The summed E-state index contributed by atoms with van der Waals surface area (Å²) in [6.07, 6.45) is 1.80. The van der Waals surface area contributed by atoms with Crippen LogP contribution < -0.4 is 9.47 Å². The van der Waals surface area contributed by atoms with Crippen LogP contribution in [0.2, 0.25) is 0 Å². The van der Waals surface area contributed by atoms with Crippen LogP contribution in [-0.2, 0) is 13.2 Å². The number of benzene rings is 3. The molecule has 0 saturated heterocycles. The minimum Gasteiger partial charge on any atom is -0.485 e. The zero-order chi connectivity index (χ0) is 17.3. The first-order chi connectivity index (χ1) is 12.3. The van der Waals surface area contributed by atoms with Gasteiger partial charge in [-0.05, 0) is 34.9 Å². The van der Waals surface area contributed by atoms with Crippen LogP contribution >= 0.6 is 0 Å². The summed E-state index contributed by atoms with van der Waals surface area (Å²) in [6, 6.07) is 26.1. The molecule has 0 radical (unpaired) electrons. The van der Waals surface area contributed by atoms with E-state index in [1.165, 1.54) is 0 Å². The van der Waals surface area contributed by atoms with E-state index in [0.717, 1.165) is 28.2 Å². The summed E-state index contributed by atoms with van der Waals surface area (Å²) >= 11 is 0. The SMILES string of the molecule is C/N=C/c1ccc(OCc2ccccc2)c(OCc2ccccc2)c1. The molecule has 0 aliphatic heterocycles. The van der Waals surface area contributed by atoms with E-state index in [4.69, 9.17) is 9.47 Å². The van der Waals surface area contributed by atoms with Gasteiger partial charge in [0.25, 0.3) is 0 Å². The van der Waals surface area contributed by atoms with Crippen molar-refractivity contribution in [2.75, 3.05) is 7.05 Å². The van der Waals surface area contributed by atoms with Crippen molar-refractivity contribution < 1.29 is 9.47 Å². The van der Waals surface area contributed by atoms with Gasteiger partial charge in [0.2, 0.25) is 0 Å². The monoisotopic (exact) mass is 331 g/mol. The van der Waals surface area contributed by atoms with Gasteiger partial charge in [-0.2, -0.15) is 0 Å². The molecule has 126 valence electrons. The molecule has 3 aromatic carbocycles. The molecule has 0 atom stereocenters. The summed E-state index contributed by atoms with van der Waals surface area (Å²) < 4.78 is 12.0. The van der Waals surface area contributed by atoms with Crippen molar-refractivity contribution in [3.63, 3.8) is 0 Å². The zero-order valence-electron chi connectivity index (χ0n) is 14.3. The molecule has 0 spiro atoms. The molecule has 0 heterocycles. The molecule has 0 unspecified atom stereocenters. The Balaban J connectivity index is 1.76. The smallest absolute Gasteiger partial charge is 0.162 e. The molecular formula is C22H21NO2. The molecule has 0 aliphatic carbocycles. The molecular weight excluding hydrogens is 310 g/mol. The maximum Gasteiger partial charge on any atom is 0.162 e. The Morgan fingerprint density at radius 1 is 0.720 bits per heavy atom. The van der Waals surface area contributed by atoms with Crippen LogP contribution in [-0.4, -0.2) is 13.3 Å². The van der Waals surface area contributed by atoms with E-state index in [2.05, 4.69) is 4.99 Å². The van der Waals surface area contributed by atoms with Crippen molar-refractivity contribution in [2.24, 2.45) is 4.99 Å². The Morgan fingerprint density at radius 2 is 1.28 bits per heavy atom. The largest absolute Gasteiger partial charge is 0.485 e. The lowest BCUT2D eigenvalue weighted by molar-refractivity contribution is 0.256. The molecule has 0 bridgehead atoms. The van der Waals surface area contributed by atoms with E-state index in [9.17, 15) is 0 Å². The van der Waals surface area contributed by atoms with Gasteiger partial charge in [-0.1, -0.05) is 60.7 Å². The molecule has 3 heteroatoms. The maximum absolute atomic E-state index is 6.01. The summed E-state index contributed by atoms with van der Waals surface area (Å²) in [5.41, 5.74) is 3.22. The summed E-state index contributed by atoms with van der Waals surface area (Å²) in [4.78, 5) is 4.07. The van der Waals surface area contributed by atoms with Gasteiger partial charge in [0, 0.05) is 13.3 Å². The van der Waals surface area contributed by atoms with Crippen LogP contribution in [0.1, 0.15) is 16.7 Å². The minimum absolute atomic E-state index is 0.495. The number of ether oxygens (including phenoxy) is 2. The second-order valence-corrected chi connectivity index (χ2v) is 5.64. The average Bonchev–Trinajstić information content (AvgIpc) is 2.67. The fourth-order valence-electron chi connectivity index (χ4n) is 2.46. The predicted molar refractivity (Wildman–Crippen MR) is 102 cm³/mol. The fourth-order valence-corrected chi connectivity index (χ4v) is 2.46. The van der Waals surface area contributed by atoms with Gasteiger partial charge in [-0.25, -0.2) is 0 Å². The maximum atomic E-state index is 6.01. The normalized spacial score (nSPS) is 10.8. The van der Waals surface area contributed by atoms with Gasteiger partial charge in [0.05, 0.1) is 0 Å². The lowest BCUT2D eigenvalue weighted by atomic mass is 10.2. The van der Waals surface area contributed by atoms with Crippen molar-refractivity contribution in [1.82, 2.24) is 0 Å². The van der Waals surface area contributed by atoms with Gasteiger partial charge in [-0.15, -0.1) is 0 Å². The Bertz CT molecular complexity index is 814. The van der Waals surface area contributed by atoms with Crippen LogP contribution in [0.3, 0.4) is 0 Å². The molecule has 25 heavy (non-hydrogen) atoms. The number of aliphatic imine (C=N–C) groups is 1. The van der Waals surface area contributed by atoms with Crippen LogP contribution in [0.4, 0.5) is 0 Å². The van der Waals surface area contributed by atoms with Crippen LogP contribution in [0, 0.1) is 0 Å². The summed E-state index contributed by atoms with van der Waals surface area (Å²) in [5, 5.41) is 0. The zero-order valence-corrected chi connectivity index (χ0v) is 14.3. The van der Waals surface area contributed by atoms with E-state index in [0.29, 0.717) is 13.2 Å². The molecule has 3 nitrogen and oxygen atoms in total. The lowest BCUT2D eigenvalue weighted by Gasteiger charge is -2.14. The van der Waals surface area contributed by atoms with Crippen molar-refractivity contribution in [2.45, 2.75) is 13.2 Å². The van der Waals surface area contributed by atoms with Crippen LogP contribution in [0.15, 0.2) is 83.9 Å². The van der Waals surface area contributed by atoms with Gasteiger partial charge in [0.15, 0.2) is 11.5 Å². The predicted octanol–water partition coefficient (Wildman–Crippen LogP) is 4.89. The van der Waals surface area contributed by atoms with Crippen LogP contribution in [0.5, 0.6) is 11.5 Å². The molecule has 3 rings (SSSR count). The van der Waals surface area contributed by atoms with Crippen molar-refractivity contribution in [3.05, 3.63) is 95.6 Å². The van der Waals surface area contributed by atoms with Crippen LogP contribution in [0.25, 0.3) is 0 Å². The van der Waals surface area contributed by atoms with Crippen molar-refractivity contribution in [3.8, 4) is 11.5 Å². The Labute approximate surface area is 148 Å². The molecule has 0 saturated carbocycles. The first-order valence-corrected chi connectivity index (χ1v) is 8.25. The number of hydrogen-bond acceptors (Lipinski definition) is 3. The van der Waals surface area contributed by atoms with E-state index >= 15 is 0 Å². The van der Waals surface area contributed by atoms with Gasteiger partial charge >= 0.3 is 0 Å². The lowest BCUT2D eigenvalue weighted by Crippen LogP contribution is -2.01. The van der Waals surface area contributed by atoms with Crippen molar-refractivity contribution >= 4 is 6.21 Å². The second kappa shape index (κ2) is 8.69. The van der Waals surface area contributed by atoms with Crippen molar-refractivity contribution in [1.29, 1.82) is 0 Å². The van der Waals surface area contributed by atoms with Gasteiger partial charge in [-0.3, -0.25) is 4.99 Å². The summed E-state index contributed by atoms with van der Waals surface area (Å²) in [6.45, 7) is 0.999. The molecule has 0 aromatic heterocycles. The quantitative estimate of drug-likeness (QED) is 0.577. The first-order valence-electron chi connectivity index (χ1n) is 8.25. The third-order valence-electron chi connectivity index (χ3n) is 3.72. The number of nitrogens with zero attached hydrogens (tertiary/aromatic N) is 1. The van der Waals surface area contributed by atoms with E-state index in [-0.39, 0.29) is 0 Å². The molecule has 0 N–H and O–H groups in total. The van der Waals surface area contributed by atoms with E-state index < -0.39 is 0 Å². The summed E-state index contributed by atoms with van der Waals surface area (Å²) in [5.74, 6) is 1.45. The van der Waals surface area contributed by atoms with E-state index in [1.807, 2.05) is 78.9 Å². The summed E-state index contributed by atoms with van der Waals surface area (Å²) in [7, 11) is 1.75. The third kappa shape index (κ3) is 4.95. The second-order valence-electron chi connectivity index (χ2n) is 5.64. The highest BCUT2D eigenvalue weighted by Crippen LogP contribution is 2.29. The number of hydrogen-bond donors (Lipinski definition) is 0. The minimum atomic E-state index is 0.495. The fraction of sp³-hybridized carbons (Fsp3) is 0.136. The topological polar surface area (TPSA) is 30.8 Å². The first kappa shape index (κ1) is 16.8. The average molecular weight is 331 g/mol. The molecule has 0 aliphatic rings. The molecule has 0 fully saturated rings. The highest BCUT2D eigenvalue weighted by atomic mass is 16.5. The Kier molecular flexibility index (Phi) is 5.83. The van der Waals surface area contributed by atoms with E-state index in [1.54, 1.807) is 13.3 Å². The molecule has 0 amide bonds. The highest BCUT2D eigenvalue weighted by Gasteiger charge is 2.07. The highest BCUT2D eigenvalue weighted by molar-refractivity contribution is 5.80. The van der Waals surface area contributed by atoms with Gasteiger partial charge < -0.3 is 9.47 Å². The standard InChI is InChI=1S/C22H21NO2/c1-23-15-20-12-13-21(24-16-18-8-4-2-5-9-18)22(14-20)25-17-19-10-6-3-7-11-19/h2-15H,16-17H2,1H3/b23-15+. The Morgan fingerprint density at radius 3 is 1.84 bits per heavy atom. The third-order valence-corrected chi connectivity index (χ3v) is 3.72. The molecule has 3 aromatic rings. The Hall–Kier alpha value is -3.07. The van der Waals surface area contributed by atoms with Gasteiger partial charge in [0.1, 0.15) is 13.2 Å². The number of rotatable bonds is 7.